The maximum absolute atomic E-state index is 12.6. The van der Waals surface area contributed by atoms with Crippen molar-refractivity contribution in [3.8, 4) is 0 Å². The van der Waals surface area contributed by atoms with Crippen molar-refractivity contribution in [2.75, 3.05) is 19.6 Å². The first-order chi connectivity index (χ1) is 8.60. The summed E-state index contributed by atoms with van der Waals surface area (Å²) in [6.45, 7) is 7.37. The van der Waals surface area contributed by atoms with E-state index in [-0.39, 0.29) is 11.4 Å². The van der Waals surface area contributed by atoms with Gasteiger partial charge in [-0.25, -0.2) is 0 Å². The van der Waals surface area contributed by atoms with E-state index in [1.165, 1.54) is 0 Å². The third kappa shape index (κ3) is 1.65. The Hall–Kier alpha value is -1.35. The average molecular weight is 244 g/mol. The van der Waals surface area contributed by atoms with Gasteiger partial charge in [-0.3, -0.25) is 4.79 Å². The second-order valence-electron chi connectivity index (χ2n) is 5.96. The minimum absolute atomic E-state index is 0.0406. The largest absolute Gasteiger partial charge is 0.333 e. The summed E-state index contributed by atoms with van der Waals surface area (Å²) in [5.41, 5.74) is 0.764. The molecule has 3 rings (SSSR count). The van der Waals surface area contributed by atoms with Gasteiger partial charge in [-0.1, -0.05) is 18.2 Å². The van der Waals surface area contributed by atoms with E-state index >= 15 is 0 Å². The van der Waals surface area contributed by atoms with Crippen LogP contribution in [-0.4, -0.2) is 36.0 Å². The van der Waals surface area contributed by atoms with Gasteiger partial charge in [0.1, 0.15) is 0 Å². The standard InChI is InChI=1S/C15H20N2O/c1-15(2)13-9-16-8-12(13)10-17(15)14(18)11-6-4-3-5-7-11/h3-7,12-13,16H,8-10H2,1-2H3. The molecule has 96 valence electrons. The molecule has 0 aromatic heterocycles. The predicted octanol–water partition coefficient (Wildman–Crippen LogP) is 1.76. The van der Waals surface area contributed by atoms with E-state index in [4.69, 9.17) is 0 Å². The molecule has 1 amide bonds. The number of carbonyl (C=O) groups excluding carboxylic acids is 1. The van der Waals surface area contributed by atoms with E-state index in [2.05, 4.69) is 24.1 Å². The minimum atomic E-state index is -0.0406. The van der Waals surface area contributed by atoms with E-state index in [1.807, 2.05) is 30.3 Å². The second-order valence-corrected chi connectivity index (χ2v) is 5.96. The summed E-state index contributed by atoms with van der Waals surface area (Å²) in [6, 6.07) is 9.62. The quantitative estimate of drug-likeness (QED) is 0.816. The highest BCUT2D eigenvalue weighted by Gasteiger charge is 2.51. The molecule has 2 saturated heterocycles. The van der Waals surface area contributed by atoms with Gasteiger partial charge in [0.25, 0.3) is 5.91 Å². The van der Waals surface area contributed by atoms with Crippen molar-refractivity contribution < 1.29 is 4.79 Å². The third-order valence-corrected chi connectivity index (χ3v) is 4.63. The van der Waals surface area contributed by atoms with Crippen LogP contribution in [0.4, 0.5) is 0 Å². The molecule has 0 bridgehead atoms. The van der Waals surface area contributed by atoms with Gasteiger partial charge in [0, 0.05) is 30.7 Å². The molecule has 0 radical (unpaired) electrons. The molecule has 18 heavy (non-hydrogen) atoms. The Labute approximate surface area is 108 Å². The zero-order valence-electron chi connectivity index (χ0n) is 11.0. The van der Waals surface area contributed by atoms with Gasteiger partial charge in [-0.05, 0) is 37.8 Å². The molecule has 0 aliphatic carbocycles. The normalized spacial score (nSPS) is 29.3. The SMILES string of the molecule is CC1(C)C2CNCC2CN1C(=O)c1ccccc1. The Morgan fingerprint density at radius 1 is 1.28 bits per heavy atom. The lowest BCUT2D eigenvalue weighted by Gasteiger charge is -2.35. The van der Waals surface area contributed by atoms with Crippen molar-refractivity contribution in [2.24, 2.45) is 11.8 Å². The summed E-state index contributed by atoms with van der Waals surface area (Å²) in [6.07, 6.45) is 0. The maximum Gasteiger partial charge on any atom is 0.254 e. The van der Waals surface area contributed by atoms with Gasteiger partial charge < -0.3 is 10.2 Å². The highest BCUT2D eigenvalue weighted by molar-refractivity contribution is 5.95. The van der Waals surface area contributed by atoms with E-state index in [0.29, 0.717) is 11.8 Å². The molecule has 2 unspecified atom stereocenters. The van der Waals surface area contributed by atoms with Crippen LogP contribution in [-0.2, 0) is 0 Å². The summed E-state index contributed by atoms with van der Waals surface area (Å²) >= 11 is 0. The molecule has 1 aromatic carbocycles. The first-order valence-corrected chi connectivity index (χ1v) is 6.68. The Morgan fingerprint density at radius 2 is 2.00 bits per heavy atom. The Balaban J connectivity index is 1.87. The number of hydrogen-bond acceptors (Lipinski definition) is 2. The number of hydrogen-bond donors (Lipinski definition) is 1. The van der Waals surface area contributed by atoms with Crippen LogP contribution in [0.3, 0.4) is 0 Å². The lowest BCUT2D eigenvalue weighted by atomic mass is 9.84. The smallest absolute Gasteiger partial charge is 0.254 e. The third-order valence-electron chi connectivity index (χ3n) is 4.63. The van der Waals surface area contributed by atoms with E-state index < -0.39 is 0 Å². The number of likely N-dealkylation sites (tertiary alicyclic amines) is 1. The van der Waals surface area contributed by atoms with Crippen molar-refractivity contribution in [1.82, 2.24) is 10.2 Å². The van der Waals surface area contributed by atoms with Crippen molar-refractivity contribution in [3.63, 3.8) is 0 Å². The first-order valence-electron chi connectivity index (χ1n) is 6.68. The Bertz CT molecular complexity index is 455. The molecule has 2 heterocycles. The molecule has 2 aliphatic rings. The van der Waals surface area contributed by atoms with Gasteiger partial charge in [-0.2, -0.15) is 0 Å². The number of fused-ring (bicyclic) bond motifs is 1. The van der Waals surface area contributed by atoms with Crippen LogP contribution in [0.1, 0.15) is 24.2 Å². The molecule has 1 N–H and O–H groups in total. The van der Waals surface area contributed by atoms with Gasteiger partial charge in [-0.15, -0.1) is 0 Å². The lowest BCUT2D eigenvalue weighted by Crippen LogP contribution is -2.47. The zero-order chi connectivity index (χ0) is 12.8. The minimum Gasteiger partial charge on any atom is -0.333 e. The number of rotatable bonds is 1. The molecule has 3 nitrogen and oxygen atoms in total. The van der Waals surface area contributed by atoms with Crippen molar-refractivity contribution in [3.05, 3.63) is 35.9 Å². The first kappa shape index (κ1) is 11.7. The number of carbonyl (C=O) groups is 1. The number of nitrogens with zero attached hydrogens (tertiary/aromatic N) is 1. The second kappa shape index (κ2) is 4.09. The topological polar surface area (TPSA) is 32.3 Å². The fourth-order valence-corrected chi connectivity index (χ4v) is 3.50. The highest BCUT2D eigenvalue weighted by Crippen LogP contribution is 2.41. The Kier molecular flexibility index (Phi) is 2.67. The summed E-state index contributed by atoms with van der Waals surface area (Å²) in [5.74, 6) is 1.38. The fourth-order valence-electron chi connectivity index (χ4n) is 3.50. The zero-order valence-corrected chi connectivity index (χ0v) is 11.0. The Morgan fingerprint density at radius 3 is 2.67 bits per heavy atom. The highest BCUT2D eigenvalue weighted by atomic mass is 16.2. The molecule has 1 aromatic rings. The van der Waals surface area contributed by atoms with Crippen molar-refractivity contribution in [1.29, 1.82) is 0 Å². The summed E-state index contributed by atoms with van der Waals surface area (Å²) in [7, 11) is 0. The molecule has 2 atom stereocenters. The van der Waals surface area contributed by atoms with Crippen LogP contribution >= 0.6 is 0 Å². The molecule has 0 saturated carbocycles. The molecule has 0 spiro atoms. The number of amides is 1. The van der Waals surface area contributed by atoms with E-state index in [1.54, 1.807) is 0 Å². The summed E-state index contributed by atoms with van der Waals surface area (Å²) < 4.78 is 0. The molecule has 2 fully saturated rings. The molecular formula is C15H20N2O. The van der Waals surface area contributed by atoms with Crippen molar-refractivity contribution >= 4 is 5.91 Å². The van der Waals surface area contributed by atoms with Gasteiger partial charge in [0.15, 0.2) is 0 Å². The molecular weight excluding hydrogens is 224 g/mol. The van der Waals surface area contributed by atoms with Crippen molar-refractivity contribution in [2.45, 2.75) is 19.4 Å². The van der Waals surface area contributed by atoms with Gasteiger partial charge in [0.2, 0.25) is 0 Å². The molecule has 3 heteroatoms. The summed E-state index contributed by atoms with van der Waals surface area (Å²) in [4.78, 5) is 14.7. The predicted molar refractivity (Wildman–Crippen MR) is 71.4 cm³/mol. The number of nitrogens with one attached hydrogen (secondary N) is 1. The maximum atomic E-state index is 12.6. The van der Waals surface area contributed by atoms with Crippen LogP contribution in [0.15, 0.2) is 30.3 Å². The van der Waals surface area contributed by atoms with Crippen LogP contribution < -0.4 is 5.32 Å². The monoisotopic (exact) mass is 244 g/mol. The van der Waals surface area contributed by atoms with Crippen LogP contribution in [0.2, 0.25) is 0 Å². The van der Waals surface area contributed by atoms with Gasteiger partial charge in [0.05, 0.1) is 0 Å². The van der Waals surface area contributed by atoms with Crippen LogP contribution in [0, 0.1) is 11.8 Å². The summed E-state index contributed by atoms with van der Waals surface area (Å²) in [5, 5.41) is 3.44. The van der Waals surface area contributed by atoms with Crippen LogP contribution in [0.5, 0.6) is 0 Å². The van der Waals surface area contributed by atoms with Crippen LogP contribution in [0.25, 0.3) is 0 Å². The van der Waals surface area contributed by atoms with Gasteiger partial charge >= 0.3 is 0 Å². The molecule has 2 aliphatic heterocycles. The lowest BCUT2D eigenvalue weighted by molar-refractivity contribution is 0.0603. The number of benzene rings is 1. The van der Waals surface area contributed by atoms with E-state index in [0.717, 1.165) is 25.2 Å². The average Bonchev–Trinajstić information content (AvgIpc) is 2.92. The fraction of sp³-hybridized carbons (Fsp3) is 0.533. The van der Waals surface area contributed by atoms with E-state index in [9.17, 15) is 4.79 Å².